The van der Waals surface area contributed by atoms with Gasteiger partial charge >= 0.3 is 0 Å². The largest absolute Gasteiger partial charge is 0.361 e. The van der Waals surface area contributed by atoms with Gasteiger partial charge in [0.05, 0.1) is 17.5 Å². The normalized spacial score (nSPS) is 18.0. The van der Waals surface area contributed by atoms with E-state index in [9.17, 15) is 9.59 Å². The second-order valence-electron chi connectivity index (χ2n) is 6.64. The number of aryl methyl sites for hydroxylation is 3. The molecule has 0 spiro atoms. The van der Waals surface area contributed by atoms with Gasteiger partial charge in [-0.05, 0) is 45.4 Å². The van der Waals surface area contributed by atoms with E-state index in [4.69, 9.17) is 4.52 Å². The molecule has 0 aliphatic carbocycles. The molecule has 1 aliphatic heterocycles. The number of hydrogen-bond acceptors (Lipinski definition) is 5. The highest BCUT2D eigenvalue weighted by Gasteiger charge is 2.38. The molecule has 2 atom stereocenters. The smallest absolute Gasteiger partial charge is 0.248 e. The lowest BCUT2D eigenvalue weighted by molar-refractivity contribution is -0.137. The first kappa shape index (κ1) is 18.5. The first-order valence-electron chi connectivity index (χ1n) is 8.57. The SMILES string of the molecule is Cc1cccc(NC(=O)[C@@H]2CSCN2C(=O)[C@@H](C)c2c(C)noc2C)c1. The monoisotopic (exact) mass is 373 g/mol. The van der Waals surface area contributed by atoms with E-state index < -0.39 is 12.0 Å². The van der Waals surface area contributed by atoms with Crippen molar-refractivity contribution >= 4 is 29.3 Å². The van der Waals surface area contributed by atoms with E-state index in [1.807, 2.05) is 45.0 Å². The summed E-state index contributed by atoms with van der Waals surface area (Å²) < 4.78 is 5.19. The van der Waals surface area contributed by atoms with Crippen molar-refractivity contribution in [3.05, 3.63) is 46.8 Å². The first-order chi connectivity index (χ1) is 12.4. The second-order valence-corrected chi connectivity index (χ2v) is 7.64. The number of carbonyl (C=O) groups is 2. The van der Waals surface area contributed by atoms with Crippen molar-refractivity contribution in [3.8, 4) is 0 Å². The summed E-state index contributed by atoms with van der Waals surface area (Å²) >= 11 is 1.59. The minimum absolute atomic E-state index is 0.0752. The third kappa shape index (κ3) is 3.62. The molecule has 0 saturated carbocycles. The summed E-state index contributed by atoms with van der Waals surface area (Å²) in [6, 6.07) is 7.17. The molecule has 0 bridgehead atoms. The van der Waals surface area contributed by atoms with Crippen molar-refractivity contribution in [1.82, 2.24) is 10.1 Å². The van der Waals surface area contributed by atoms with Crippen molar-refractivity contribution in [2.75, 3.05) is 16.9 Å². The van der Waals surface area contributed by atoms with E-state index in [0.29, 0.717) is 17.4 Å². The van der Waals surface area contributed by atoms with E-state index in [1.54, 1.807) is 23.6 Å². The van der Waals surface area contributed by atoms with E-state index in [1.165, 1.54) is 0 Å². The number of aromatic nitrogens is 1. The van der Waals surface area contributed by atoms with Gasteiger partial charge in [0.25, 0.3) is 0 Å². The van der Waals surface area contributed by atoms with E-state index in [0.717, 1.165) is 22.5 Å². The van der Waals surface area contributed by atoms with Gasteiger partial charge in [0.2, 0.25) is 11.8 Å². The molecule has 1 saturated heterocycles. The second kappa shape index (κ2) is 7.53. The lowest BCUT2D eigenvalue weighted by Crippen LogP contribution is -2.46. The molecule has 1 aromatic carbocycles. The molecule has 2 amide bonds. The fourth-order valence-electron chi connectivity index (χ4n) is 3.31. The third-order valence-electron chi connectivity index (χ3n) is 4.65. The highest BCUT2D eigenvalue weighted by molar-refractivity contribution is 7.99. The number of nitrogens with one attached hydrogen (secondary N) is 1. The van der Waals surface area contributed by atoms with Crippen LogP contribution in [0.1, 0.15) is 35.4 Å². The van der Waals surface area contributed by atoms with Gasteiger partial charge < -0.3 is 14.7 Å². The predicted octanol–water partition coefficient (Wildman–Crippen LogP) is 3.24. The van der Waals surface area contributed by atoms with Crippen LogP contribution in [0, 0.1) is 20.8 Å². The van der Waals surface area contributed by atoms with Crippen LogP contribution in [0.2, 0.25) is 0 Å². The predicted molar refractivity (Wildman–Crippen MR) is 102 cm³/mol. The quantitative estimate of drug-likeness (QED) is 0.890. The average Bonchev–Trinajstić information content (AvgIpc) is 3.20. The zero-order valence-corrected chi connectivity index (χ0v) is 16.2. The molecule has 1 aliphatic rings. The molecule has 7 heteroatoms. The maximum Gasteiger partial charge on any atom is 0.248 e. The summed E-state index contributed by atoms with van der Waals surface area (Å²) in [6.45, 7) is 7.45. The standard InChI is InChI=1S/C19H23N3O3S/c1-11-6-5-7-15(8-11)20-18(23)16-9-26-10-22(16)19(24)12(2)17-13(3)21-25-14(17)4/h5-8,12,16H,9-10H2,1-4H3,(H,20,23)/t12-,16-/m0/s1. The molecule has 138 valence electrons. The van der Waals surface area contributed by atoms with Crippen molar-refractivity contribution in [2.45, 2.75) is 39.7 Å². The Labute approximate surface area is 157 Å². The molecule has 2 aromatic rings. The van der Waals surface area contributed by atoms with Crippen LogP contribution in [0.15, 0.2) is 28.8 Å². The van der Waals surface area contributed by atoms with Crippen LogP contribution in [-0.4, -0.2) is 39.5 Å². The third-order valence-corrected chi connectivity index (χ3v) is 5.66. The highest BCUT2D eigenvalue weighted by Crippen LogP contribution is 2.30. The van der Waals surface area contributed by atoms with Crippen LogP contribution in [-0.2, 0) is 9.59 Å². The Bertz CT molecular complexity index is 814. The number of rotatable bonds is 4. The molecule has 1 fully saturated rings. The maximum atomic E-state index is 13.0. The molecule has 26 heavy (non-hydrogen) atoms. The van der Waals surface area contributed by atoms with Gasteiger partial charge in [-0.15, -0.1) is 11.8 Å². The lowest BCUT2D eigenvalue weighted by Gasteiger charge is -2.26. The van der Waals surface area contributed by atoms with E-state index in [2.05, 4.69) is 10.5 Å². The van der Waals surface area contributed by atoms with Crippen LogP contribution in [0.25, 0.3) is 0 Å². The van der Waals surface area contributed by atoms with Crippen LogP contribution in [0.4, 0.5) is 5.69 Å². The van der Waals surface area contributed by atoms with Gasteiger partial charge in [0.1, 0.15) is 11.8 Å². The van der Waals surface area contributed by atoms with Crippen molar-refractivity contribution in [1.29, 1.82) is 0 Å². The van der Waals surface area contributed by atoms with Gasteiger partial charge in [-0.25, -0.2) is 0 Å². The Morgan fingerprint density at radius 2 is 2.12 bits per heavy atom. The van der Waals surface area contributed by atoms with Crippen LogP contribution in [0.5, 0.6) is 0 Å². The zero-order chi connectivity index (χ0) is 18.8. The summed E-state index contributed by atoms with van der Waals surface area (Å²) in [7, 11) is 0. The molecule has 0 radical (unpaired) electrons. The average molecular weight is 373 g/mol. The summed E-state index contributed by atoms with van der Waals surface area (Å²) in [5, 5.41) is 6.86. The van der Waals surface area contributed by atoms with Crippen LogP contribution in [0.3, 0.4) is 0 Å². The van der Waals surface area contributed by atoms with Gasteiger partial charge in [-0.3, -0.25) is 9.59 Å². The Balaban J connectivity index is 1.75. The summed E-state index contributed by atoms with van der Waals surface area (Å²) in [5.41, 5.74) is 3.35. The van der Waals surface area contributed by atoms with Gasteiger partial charge in [-0.2, -0.15) is 0 Å². The highest BCUT2D eigenvalue weighted by atomic mass is 32.2. The maximum absolute atomic E-state index is 13.0. The van der Waals surface area contributed by atoms with Gasteiger partial charge in [0.15, 0.2) is 0 Å². The fourth-order valence-corrected chi connectivity index (χ4v) is 4.47. The summed E-state index contributed by atoms with van der Waals surface area (Å²) in [4.78, 5) is 27.4. The molecule has 2 heterocycles. The lowest BCUT2D eigenvalue weighted by atomic mass is 9.97. The molecule has 3 rings (SSSR count). The Morgan fingerprint density at radius 1 is 1.35 bits per heavy atom. The van der Waals surface area contributed by atoms with Gasteiger partial charge in [-0.1, -0.05) is 17.3 Å². The fraction of sp³-hybridized carbons (Fsp3) is 0.421. The van der Waals surface area contributed by atoms with Crippen molar-refractivity contribution in [3.63, 3.8) is 0 Å². The summed E-state index contributed by atoms with van der Waals surface area (Å²) in [6.07, 6.45) is 0. The van der Waals surface area contributed by atoms with E-state index in [-0.39, 0.29) is 11.8 Å². The number of benzene rings is 1. The van der Waals surface area contributed by atoms with E-state index >= 15 is 0 Å². The molecular formula is C19H23N3O3S. The number of thioether (sulfide) groups is 1. The van der Waals surface area contributed by atoms with Crippen LogP contribution < -0.4 is 5.32 Å². The minimum atomic E-state index is -0.476. The molecule has 1 aromatic heterocycles. The Hall–Kier alpha value is -2.28. The summed E-state index contributed by atoms with van der Waals surface area (Å²) in [5.74, 6) is 1.13. The molecule has 0 unspecified atom stereocenters. The Morgan fingerprint density at radius 3 is 2.77 bits per heavy atom. The number of anilines is 1. The Kier molecular flexibility index (Phi) is 5.36. The van der Waals surface area contributed by atoms with Crippen molar-refractivity contribution in [2.24, 2.45) is 0 Å². The number of carbonyl (C=O) groups excluding carboxylic acids is 2. The number of hydrogen-bond donors (Lipinski definition) is 1. The van der Waals surface area contributed by atoms with Gasteiger partial charge in [0, 0.05) is 17.0 Å². The molecule has 1 N–H and O–H groups in total. The minimum Gasteiger partial charge on any atom is -0.361 e. The van der Waals surface area contributed by atoms with Crippen LogP contribution >= 0.6 is 11.8 Å². The number of nitrogens with zero attached hydrogens (tertiary/aromatic N) is 2. The number of amides is 2. The molecule has 6 nitrogen and oxygen atoms in total. The topological polar surface area (TPSA) is 75.4 Å². The molecular weight excluding hydrogens is 350 g/mol. The van der Waals surface area contributed by atoms with Crippen molar-refractivity contribution < 1.29 is 14.1 Å². The zero-order valence-electron chi connectivity index (χ0n) is 15.4. The first-order valence-corrected chi connectivity index (χ1v) is 9.72.